The molecule has 136 valence electrons. The van der Waals surface area contributed by atoms with Crippen LogP contribution in [0.5, 0.6) is 5.75 Å². The summed E-state index contributed by atoms with van der Waals surface area (Å²) in [7, 11) is 0. The van der Waals surface area contributed by atoms with E-state index in [1.807, 2.05) is 30.3 Å². The highest BCUT2D eigenvalue weighted by atomic mass is 16.6. The van der Waals surface area contributed by atoms with Gasteiger partial charge in [0.1, 0.15) is 0 Å². The van der Waals surface area contributed by atoms with Gasteiger partial charge >= 0.3 is 5.69 Å². The number of para-hydroxylation sites is 2. The summed E-state index contributed by atoms with van der Waals surface area (Å²) in [6, 6.07) is 18.5. The first-order valence-electron chi connectivity index (χ1n) is 7.99. The third-order valence-corrected chi connectivity index (χ3v) is 3.75. The molecule has 3 rings (SSSR count). The van der Waals surface area contributed by atoms with E-state index in [0.29, 0.717) is 5.56 Å². The zero-order valence-corrected chi connectivity index (χ0v) is 14.0. The molecule has 0 radical (unpaired) electrons. The van der Waals surface area contributed by atoms with Crippen molar-refractivity contribution in [2.24, 2.45) is 0 Å². The number of carbonyl (C=O) groups is 2. The minimum absolute atomic E-state index is 0.0292. The fourth-order valence-electron chi connectivity index (χ4n) is 2.44. The number of carbonyl (C=O) groups excluding carboxylic acids is 2. The number of fused-ring (bicyclic) bond motifs is 1. The Morgan fingerprint density at radius 1 is 0.926 bits per heavy atom. The van der Waals surface area contributed by atoms with E-state index in [4.69, 9.17) is 4.74 Å². The third-order valence-electron chi connectivity index (χ3n) is 3.75. The highest BCUT2D eigenvalue weighted by Crippen LogP contribution is 2.25. The molecule has 0 spiro atoms. The predicted molar refractivity (Wildman–Crippen MR) is 98.1 cm³/mol. The normalized spacial score (nSPS) is 10.2. The van der Waals surface area contributed by atoms with E-state index in [2.05, 4.69) is 10.9 Å². The molecule has 0 fully saturated rings. The summed E-state index contributed by atoms with van der Waals surface area (Å²) in [5, 5.41) is 12.8. The lowest BCUT2D eigenvalue weighted by atomic mass is 10.1. The van der Waals surface area contributed by atoms with Gasteiger partial charge in [-0.2, -0.15) is 0 Å². The number of nitro groups is 1. The standard InChI is InChI=1S/C19H15N3O5/c23-18(12-27-17-8-4-3-7-16(17)22(25)26)20-21-19(24)15-10-9-13-5-1-2-6-14(13)11-15/h1-11H,12H2,(H,20,23)(H,21,24). The van der Waals surface area contributed by atoms with Crippen molar-refractivity contribution in [2.75, 3.05) is 6.61 Å². The number of hydrazine groups is 1. The van der Waals surface area contributed by atoms with Crippen molar-refractivity contribution in [1.82, 2.24) is 10.9 Å². The summed E-state index contributed by atoms with van der Waals surface area (Å²) < 4.78 is 5.15. The third kappa shape index (κ3) is 4.37. The maximum atomic E-state index is 12.2. The van der Waals surface area contributed by atoms with Crippen LogP contribution in [0, 0.1) is 10.1 Å². The quantitative estimate of drug-likeness (QED) is 0.533. The lowest BCUT2D eigenvalue weighted by Crippen LogP contribution is -2.43. The van der Waals surface area contributed by atoms with Gasteiger partial charge in [0, 0.05) is 11.6 Å². The van der Waals surface area contributed by atoms with Crippen LogP contribution in [0.2, 0.25) is 0 Å². The van der Waals surface area contributed by atoms with E-state index in [1.54, 1.807) is 18.2 Å². The van der Waals surface area contributed by atoms with Crippen LogP contribution in [0.4, 0.5) is 5.69 Å². The number of hydrogen-bond acceptors (Lipinski definition) is 5. The first-order valence-corrected chi connectivity index (χ1v) is 7.99. The first kappa shape index (κ1) is 17.9. The molecule has 2 N–H and O–H groups in total. The number of rotatable bonds is 5. The second-order valence-electron chi connectivity index (χ2n) is 5.58. The summed E-state index contributed by atoms with van der Waals surface area (Å²) in [6.07, 6.45) is 0. The second-order valence-corrected chi connectivity index (χ2v) is 5.58. The molecule has 2 amide bonds. The maximum absolute atomic E-state index is 12.2. The molecule has 8 heteroatoms. The Balaban J connectivity index is 1.55. The van der Waals surface area contributed by atoms with Crippen LogP contribution >= 0.6 is 0 Å². The van der Waals surface area contributed by atoms with Crippen LogP contribution < -0.4 is 15.6 Å². The molecule has 0 aromatic heterocycles. The molecule has 0 unspecified atom stereocenters. The van der Waals surface area contributed by atoms with E-state index >= 15 is 0 Å². The average Bonchev–Trinajstić information content (AvgIpc) is 2.70. The van der Waals surface area contributed by atoms with Gasteiger partial charge in [0.15, 0.2) is 12.4 Å². The highest BCUT2D eigenvalue weighted by Gasteiger charge is 2.15. The Morgan fingerprint density at radius 3 is 2.41 bits per heavy atom. The second kappa shape index (κ2) is 7.96. The lowest BCUT2D eigenvalue weighted by Gasteiger charge is -2.09. The van der Waals surface area contributed by atoms with Gasteiger partial charge in [-0.05, 0) is 29.0 Å². The summed E-state index contributed by atoms with van der Waals surface area (Å²) in [4.78, 5) is 34.3. The number of nitro benzene ring substituents is 1. The molecule has 3 aromatic carbocycles. The fourth-order valence-corrected chi connectivity index (χ4v) is 2.44. The number of ether oxygens (including phenoxy) is 1. The molecule has 0 heterocycles. The Hall–Kier alpha value is -3.94. The van der Waals surface area contributed by atoms with Crippen molar-refractivity contribution in [3.63, 3.8) is 0 Å². The number of nitrogens with one attached hydrogen (secondary N) is 2. The summed E-state index contributed by atoms with van der Waals surface area (Å²) in [5.41, 5.74) is 4.64. The van der Waals surface area contributed by atoms with E-state index in [-0.39, 0.29) is 11.4 Å². The molecule has 0 saturated heterocycles. The van der Waals surface area contributed by atoms with E-state index in [9.17, 15) is 19.7 Å². The number of benzene rings is 3. The summed E-state index contributed by atoms with van der Waals surface area (Å²) in [5.74, 6) is -1.17. The highest BCUT2D eigenvalue weighted by molar-refractivity contribution is 5.99. The molecule has 0 atom stereocenters. The van der Waals surface area contributed by atoms with Crippen LogP contribution in [0.3, 0.4) is 0 Å². The number of nitrogens with zero attached hydrogens (tertiary/aromatic N) is 1. The molecule has 0 aliphatic carbocycles. The van der Waals surface area contributed by atoms with Gasteiger partial charge in [0.05, 0.1) is 4.92 Å². The topological polar surface area (TPSA) is 111 Å². The predicted octanol–water partition coefficient (Wildman–Crippen LogP) is 2.59. The van der Waals surface area contributed by atoms with E-state index < -0.39 is 23.3 Å². The maximum Gasteiger partial charge on any atom is 0.310 e. The number of hydrogen-bond donors (Lipinski definition) is 2. The molecule has 0 bridgehead atoms. The van der Waals surface area contributed by atoms with Crippen LogP contribution in [-0.4, -0.2) is 23.3 Å². The van der Waals surface area contributed by atoms with Crippen molar-refractivity contribution >= 4 is 28.3 Å². The smallest absolute Gasteiger partial charge is 0.310 e. The molecule has 0 aliphatic rings. The molecular formula is C19H15N3O5. The first-order chi connectivity index (χ1) is 13.0. The van der Waals surface area contributed by atoms with Gasteiger partial charge in [0.2, 0.25) is 0 Å². The van der Waals surface area contributed by atoms with Crippen LogP contribution in [0.25, 0.3) is 10.8 Å². The summed E-state index contributed by atoms with van der Waals surface area (Å²) in [6.45, 7) is -0.483. The largest absolute Gasteiger partial charge is 0.477 e. The lowest BCUT2D eigenvalue weighted by molar-refractivity contribution is -0.385. The molecular weight excluding hydrogens is 350 g/mol. The van der Waals surface area contributed by atoms with Gasteiger partial charge in [-0.3, -0.25) is 30.6 Å². The van der Waals surface area contributed by atoms with Crippen molar-refractivity contribution in [3.8, 4) is 5.75 Å². The zero-order chi connectivity index (χ0) is 19.2. The Morgan fingerprint density at radius 2 is 1.63 bits per heavy atom. The minimum Gasteiger partial charge on any atom is -0.477 e. The van der Waals surface area contributed by atoms with Crippen molar-refractivity contribution in [3.05, 3.63) is 82.4 Å². The van der Waals surface area contributed by atoms with Crippen molar-refractivity contribution < 1.29 is 19.2 Å². The van der Waals surface area contributed by atoms with Gasteiger partial charge < -0.3 is 4.74 Å². The van der Waals surface area contributed by atoms with E-state index in [1.165, 1.54) is 18.2 Å². The Labute approximate surface area is 153 Å². The monoisotopic (exact) mass is 365 g/mol. The molecule has 0 saturated carbocycles. The fraction of sp³-hybridized carbons (Fsp3) is 0.0526. The van der Waals surface area contributed by atoms with Crippen LogP contribution in [-0.2, 0) is 4.79 Å². The SMILES string of the molecule is O=C(COc1ccccc1[N+](=O)[O-])NNC(=O)c1ccc2ccccc2c1. The molecule has 0 aliphatic heterocycles. The van der Waals surface area contributed by atoms with Crippen molar-refractivity contribution in [1.29, 1.82) is 0 Å². The molecule has 3 aromatic rings. The number of amides is 2. The Bertz CT molecular complexity index is 1020. The van der Waals surface area contributed by atoms with Gasteiger partial charge in [0.25, 0.3) is 11.8 Å². The van der Waals surface area contributed by atoms with Crippen molar-refractivity contribution in [2.45, 2.75) is 0 Å². The van der Waals surface area contributed by atoms with Crippen LogP contribution in [0.1, 0.15) is 10.4 Å². The Kier molecular flexibility index (Phi) is 5.27. The molecule has 27 heavy (non-hydrogen) atoms. The van der Waals surface area contributed by atoms with E-state index in [0.717, 1.165) is 10.8 Å². The molecule has 8 nitrogen and oxygen atoms in total. The minimum atomic E-state index is -0.651. The zero-order valence-electron chi connectivity index (χ0n) is 14.0. The summed E-state index contributed by atoms with van der Waals surface area (Å²) >= 11 is 0. The van der Waals surface area contributed by atoms with Gasteiger partial charge in [-0.25, -0.2) is 0 Å². The van der Waals surface area contributed by atoms with Gasteiger partial charge in [-0.15, -0.1) is 0 Å². The average molecular weight is 365 g/mol. The van der Waals surface area contributed by atoms with Crippen LogP contribution in [0.15, 0.2) is 66.7 Å². The van der Waals surface area contributed by atoms with Gasteiger partial charge in [-0.1, -0.05) is 42.5 Å².